The summed E-state index contributed by atoms with van der Waals surface area (Å²) in [5.41, 5.74) is 19.0. The highest BCUT2D eigenvalue weighted by atomic mass is 15.2. The summed E-state index contributed by atoms with van der Waals surface area (Å²) in [5.74, 6) is 1.65. The first-order chi connectivity index (χ1) is 33.9. The molecule has 0 unspecified atom stereocenters. The van der Waals surface area contributed by atoms with E-state index in [1.54, 1.807) is 0 Å². The fraction of sp³-hybridized carbons (Fsp3) is 0.121. The van der Waals surface area contributed by atoms with E-state index >= 15 is 0 Å². The average Bonchev–Trinajstić information content (AvgIpc) is 3.39. The molecule has 1 aliphatic rings. The molecule has 11 rings (SSSR count). The SMILES string of the molecule is CC(C)(C)c1cc2cc(c1)N(c1ccccc1)c1cc(-c3ccc(-c4ccccc4)cc3)cc(n1)-c1cc(cc(C(C)(C)C)c1)N(c1ccccc1)c1cc(-c3ccc(-c4ccccc4)cc3)cc-2n1. The van der Waals surface area contributed by atoms with Crippen molar-refractivity contribution >= 4 is 34.4 Å². The summed E-state index contributed by atoms with van der Waals surface area (Å²) >= 11 is 0. The maximum absolute atomic E-state index is 5.71. The number of benzene rings is 8. The Morgan fingerprint density at radius 3 is 0.886 bits per heavy atom. The van der Waals surface area contributed by atoms with Crippen molar-refractivity contribution < 1.29 is 0 Å². The zero-order valence-electron chi connectivity index (χ0n) is 40.7. The number of anilines is 6. The summed E-state index contributed by atoms with van der Waals surface area (Å²) in [6, 6.07) is 83.4. The smallest absolute Gasteiger partial charge is 0.138 e. The van der Waals surface area contributed by atoms with Crippen molar-refractivity contribution in [3.8, 4) is 67.0 Å². The van der Waals surface area contributed by atoms with Gasteiger partial charge < -0.3 is 0 Å². The molecule has 2 aromatic heterocycles. The van der Waals surface area contributed by atoms with Gasteiger partial charge in [-0.3, -0.25) is 9.80 Å². The van der Waals surface area contributed by atoms with E-state index in [4.69, 9.17) is 9.97 Å². The first kappa shape index (κ1) is 44.2. The Bertz CT molecular complexity index is 3230. The molecule has 1 aliphatic heterocycles. The average molecular weight is 905 g/mol. The lowest BCUT2D eigenvalue weighted by Crippen LogP contribution is -2.17. The van der Waals surface area contributed by atoms with Gasteiger partial charge in [-0.25, -0.2) is 9.97 Å². The van der Waals surface area contributed by atoms with Crippen LogP contribution in [0.5, 0.6) is 0 Å². The highest BCUT2D eigenvalue weighted by Gasteiger charge is 2.26. The van der Waals surface area contributed by atoms with Gasteiger partial charge in [-0.1, -0.05) is 187 Å². The van der Waals surface area contributed by atoms with Crippen molar-refractivity contribution in [2.45, 2.75) is 52.4 Å². The van der Waals surface area contributed by atoms with Crippen molar-refractivity contribution in [1.29, 1.82) is 0 Å². The highest BCUT2D eigenvalue weighted by Crippen LogP contribution is 2.46. The predicted octanol–water partition coefficient (Wildman–Crippen LogP) is 18.3. The first-order valence-electron chi connectivity index (χ1n) is 24.3. The largest absolute Gasteiger partial charge is 0.295 e. The van der Waals surface area contributed by atoms with Crippen LogP contribution in [-0.2, 0) is 10.8 Å². The maximum atomic E-state index is 5.71. The van der Waals surface area contributed by atoms with Crippen molar-refractivity contribution in [3.63, 3.8) is 0 Å². The van der Waals surface area contributed by atoms with Gasteiger partial charge >= 0.3 is 0 Å². The van der Waals surface area contributed by atoms with Gasteiger partial charge in [-0.05, 0) is 151 Å². The summed E-state index contributed by atoms with van der Waals surface area (Å²) < 4.78 is 0. The van der Waals surface area contributed by atoms with Gasteiger partial charge in [0.1, 0.15) is 11.6 Å². The third-order valence-electron chi connectivity index (χ3n) is 13.4. The monoisotopic (exact) mass is 904 g/mol. The summed E-state index contributed by atoms with van der Waals surface area (Å²) in [4.78, 5) is 16.1. The number of hydrogen-bond acceptors (Lipinski definition) is 4. The van der Waals surface area contributed by atoms with Crippen LogP contribution in [0.1, 0.15) is 52.7 Å². The predicted molar refractivity (Wildman–Crippen MR) is 295 cm³/mol. The maximum Gasteiger partial charge on any atom is 0.138 e. The molecule has 0 radical (unpaired) electrons. The minimum absolute atomic E-state index is 0.190. The minimum Gasteiger partial charge on any atom is -0.295 e. The van der Waals surface area contributed by atoms with Crippen LogP contribution in [-0.4, -0.2) is 9.97 Å². The molecule has 4 heteroatoms. The topological polar surface area (TPSA) is 32.3 Å². The van der Waals surface area contributed by atoms with Crippen molar-refractivity contribution in [3.05, 3.63) is 242 Å². The molecule has 0 aliphatic carbocycles. The molecule has 0 amide bonds. The van der Waals surface area contributed by atoms with E-state index in [2.05, 4.69) is 282 Å². The quantitative estimate of drug-likeness (QED) is 0.166. The Balaban J connectivity index is 1.22. The van der Waals surface area contributed by atoms with Crippen molar-refractivity contribution in [2.75, 3.05) is 9.80 Å². The first-order valence-corrected chi connectivity index (χ1v) is 24.3. The van der Waals surface area contributed by atoms with Gasteiger partial charge in [0.25, 0.3) is 0 Å². The molecule has 70 heavy (non-hydrogen) atoms. The Hall–Kier alpha value is -8.34. The van der Waals surface area contributed by atoms with Crippen molar-refractivity contribution in [2.24, 2.45) is 0 Å². The van der Waals surface area contributed by atoms with E-state index in [1.165, 1.54) is 33.4 Å². The lowest BCUT2D eigenvalue weighted by Gasteiger charge is -2.31. The van der Waals surface area contributed by atoms with E-state index in [0.717, 1.165) is 79.2 Å². The van der Waals surface area contributed by atoms with Crippen LogP contribution in [0, 0.1) is 0 Å². The van der Waals surface area contributed by atoms with E-state index in [0.29, 0.717) is 0 Å². The van der Waals surface area contributed by atoms with E-state index in [-0.39, 0.29) is 10.8 Å². The molecule has 8 bridgehead atoms. The number of rotatable bonds is 6. The Labute approximate surface area is 413 Å². The number of para-hydroxylation sites is 2. The molecule has 3 heterocycles. The second kappa shape index (κ2) is 18.0. The van der Waals surface area contributed by atoms with Crippen LogP contribution >= 0.6 is 0 Å². The molecule has 0 N–H and O–H groups in total. The standard InChI is InChI=1S/C66H56N4/c1-65(2,3)55-35-53-37-59(43-55)69(57-23-15-9-16-24-57)63-41-52(50-33-29-48(30-34-50)46-21-13-8-14-22-46)40-62(68-63)54-36-56(66(4,5)6)44-60(38-54)70(58-25-17-10-18-26-58)64-42-51(39-61(53)67-64)49-31-27-47(28-32-49)45-19-11-7-12-20-45/h7-44H,1-6H3. The molecule has 0 saturated carbocycles. The Kier molecular flexibility index (Phi) is 11.3. The van der Waals surface area contributed by atoms with Crippen LogP contribution in [0.25, 0.3) is 67.0 Å². The molecule has 10 aromatic rings. The van der Waals surface area contributed by atoms with Gasteiger partial charge in [0.15, 0.2) is 0 Å². The highest BCUT2D eigenvalue weighted by molar-refractivity contribution is 5.88. The Morgan fingerprint density at radius 2 is 0.557 bits per heavy atom. The minimum atomic E-state index is -0.190. The molecule has 0 fully saturated rings. The second-order valence-electron chi connectivity index (χ2n) is 20.5. The van der Waals surface area contributed by atoms with Gasteiger partial charge in [0.05, 0.1) is 11.4 Å². The summed E-state index contributed by atoms with van der Waals surface area (Å²) in [6.45, 7) is 13.7. The zero-order valence-corrected chi connectivity index (χ0v) is 40.7. The van der Waals surface area contributed by atoms with E-state index in [1.807, 2.05) is 0 Å². The summed E-state index contributed by atoms with van der Waals surface area (Å²) in [7, 11) is 0. The lowest BCUT2D eigenvalue weighted by molar-refractivity contribution is 0.590. The molecule has 340 valence electrons. The number of nitrogens with zero attached hydrogens (tertiary/aromatic N) is 4. The summed E-state index contributed by atoms with van der Waals surface area (Å²) in [5, 5.41) is 0. The van der Waals surface area contributed by atoms with Crippen LogP contribution in [0.3, 0.4) is 0 Å². The molecule has 0 spiro atoms. The third-order valence-corrected chi connectivity index (χ3v) is 13.4. The van der Waals surface area contributed by atoms with Gasteiger partial charge in [-0.2, -0.15) is 0 Å². The van der Waals surface area contributed by atoms with Gasteiger partial charge in [0.2, 0.25) is 0 Å². The molecule has 8 aromatic carbocycles. The number of hydrogen-bond donors (Lipinski definition) is 0. The molecule has 4 nitrogen and oxygen atoms in total. The summed E-state index contributed by atoms with van der Waals surface area (Å²) in [6.07, 6.45) is 0. The van der Waals surface area contributed by atoms with Crippen molar-refractivity contribution in [1.82, 2.24) is 9.97 Å². The second-order valence-corrected chi connectivity index (χ2v) is 20.5. The van der Waals surface area contributed by atoms with Crippen LogP contribution in [0.15, 0.2) is 231 Å². The van der Waals surface area contributed by atoms with Crippen LogP contribution in [0.4, 0.5) is 34.4 Å². The normalized spacial score (nSPS) is 12.4. The number of aromatic nitrogens is 2. The fourth-order valence-electron chi connectivity index (χ4n) is 9.49. The van der Waals surface area contributed by atoms with Crippen LogP contribution < -0.4 is 9.80 Å². The molecule has 0 atom stereocenters. The fourth-order valence-corrected chi connectivity index (χ4v) is 9.49. The zero-order chi connectivity index (χ0) is 48.0. The lowest BCUT2D eigenvalue weighted by atomic mass is 9.84. The van der Waals surface area contributed by atoms with Crippen LogP contribution in [0.2, 0.25) is 0 Å². The Morgan fingerprint density at radius 1 is 0.257 bits per heavy atom. The molecular formula is C66H56N4. The molecular weight excluding hydrogens is 849 g/mol. The number of fused-ring (bicyclic) bond motifs is 10. The van der Waals surface area contributed by atoms with Gasteiger partial charge in [-0.15, -0.1) is 0 Å². The third kappa shape index (κ3) is 8.93. The molecule has 0 saturated heterocycles. The van der Waals surface area contributed by atoms with Gasteiger partial charge in [0, 0.05) is 33.9 Å². The van der Waals surface area contributed by atoms with E-state index < -0.39 is 0 Å². The number of pyridine rings is 2. The van der Waals surface area contributed by atoms with E-state index in [9.17, 15) is 0 Å².